The van der Waals surface area contributed by atoms with Gasteiger partial charge in [-0.25, -0.2) is 23.0 Å². The molecule has 178 valence electrons. The number of hydrogen-bond donors (Lipinski definition) is 1. The minimum Gasteiger partial charge on any atom is -0.374 e. The number of aromatic nitrogens is 5. The molecule has 1 N–H and O–H groups in total. The molecule has 1 amide bonds. The molecular formula is C23H19F2N7O3. The van der Waals surface area contributed by atoms with Gasteiger partial charge < -0.3 is 15.0 Å². The summed E-state index contributed by atoms with van der Waals surface area (Å²) in [5, 5.41) is 10.6. The van der Waals surface area contributed by atoms with E-state index in [0.29, 0.717) is 35.6 Å². The van der Waals surface area contributed by atoms with Crippen LogP contribution in [0.2, 0.25) is 0 Å². The Hall–Kier alpha value is -4.19. The number of amides is 1. The third-order valence-corrected chi connectivity index (χ3v) is 6.29. The van der Waals surface area contributed by atoms with Crippen molar-refractivity contribution in [1.29, 1.82) is 0 Å². The van der Waals surface area contributed by atoms with Gasteiger partial charge in [-0.15, -0.1) is 0 Å². The van der Waals surface area contributed by atoms with Crippen molar-refractivity contribution in [2.24, 2.45) is 0 Å². The van der Waals surface area contributed by atoms with Crippen LogP contribution in [-0.4, -0.2) is 61.9 Å². The first kappa shape index (κ1) is 21.4. The Morgan fingerprint density at radius 1 is 1.23 bits per heavy atom. The average Bonchev–Trinajstić information content (AvgIpc) is 3.66. The van der Waals surface area contributed by atoms with E-state index in [1.807, 2.05) is 6.07 Å². The van der Waals surface area contributed by atoms with E-state index >= 15 is 0 Å². The van der Waals surface area contributed by atoms with Crippen LogP contribution in [0.15, 0.2) is 48.9 Å². The number of morpholine rings is 1. The summed E-state index contributed by atoms with van der Waals surface area (Å²) in [5.74, 6) is 0.0800. The molecule has 1 unspecified atom stereocenters. The van der Waals surface area contributed by atoms with Gasteiger partial charge in [-0.3, -0.25) is 9.59 Å². The number of fused-ring (bicyclic) bond motifs is 3. The second-order valence-corrected chi connectivity index (χ2v) is 8.45. The van der Waals surface area contributed by atoms with Crippen molar-refractivity contribution in [1.82, 2.24) is 24.4 Å². The molecule has 6 rings (SSSR count). The number of nitrogens with zero attached hydrogens (tertiary/aromatic N) is 6. The average molecular weight is 479 g/mol. The van der Waals surface area contributed by atoms with Gasteiger partial charge in [0, 0.05) is 18.3 Å². The van der Waals surface area contributed by atoms with Crippen LogP contribution in [-0.2, 0) is 4.74 Å². The van der Waals surface area contributed by atoms with E-state index in [1.165, 1.54) is 21.6 Å². The molecule has 2 aliphatic rings. The van der Waals surface area contributed by atoms with Gasteiger partial charge in [0.05, 0.1) is 42.5 Å². The number of rotatable bonds is 6. The molecule has 2 atom stereocenters. The number of nitrogens with one attached hydrogen (secondary N) is 1. The van der Waals surface area contributed by atoms with Crippen molar-refractivity contribution in [3.05, 3.63) is 65.7 Å². The molecule has 2 fully saturated rings. The maximum atomic E-state index is 13.7. The monoisotopic (exact) mass is 479 g/mol. The summed E-state index contributed by atoms with van der Waals surface area (Å²) >= 11 is 0. The third kappa shape index (κ3) is 3.71. The largest absolute Gasteiger partial charge is 0.374 e. The Balaban J connectivity index is 1.30. The van der Waals surface area contributed by atoms with Crippen LogP contribution in [0, 0.1) is 0 Å². The molecule has 2 saturated heterocycles. The van der Waals surface area contributed by atoms with E-state index < -0.39 is 18.0 Å². The third-order valence-electron chi connectivity index (χ3n) is 6.29. The van der Waals surface area contributed by atoms with Crippen LogP contribution < -0.4 is 10.2 Å². The molecule has 0 spiro atoms. The molecule has 5 heterocycles. The van der Waals surface area contributed by atoms with Gasteiger partial charge in [0.15, 0.2) is 11.3 Å². The van der Waals surface area contributed by atoms with Crippen molar-refractivity contribution in [2.75, 3.05) is 23.4 Å². The Bertz CT molecular complexity index is 1430. The van der Waals surface area contributed by atoms with Crippen LogP contribution in [0.5, 0.6) is 0 Å². The number of benzene rings is 1. The molecule has 4 aromatic rings. The number of anilines is 2. The lowest BCUT2D eigenvalue weighted by molar-refractivity contribution is 0.0988. The van der Waals surface area contributed by atoms with Crippen LogP contribution in [0.4, 0.5) is 20.3 Å². The fourth-order valence-corrected chi connectivity index (χ4v) is 4.53. The van der Waals surface area contributed by atoms with Crippen LogP contribution in [0.3, 0.4) is 0 Å². The van der Waals surface area contributed by atoms with Gasteiger partial charge in [-0.1, -0.05) is 0 Å². The zero-order valence-electron chi connectivity index (χ0n) is 18.2. The lowest BCUT2D eigenvalue weighted by Gasteiger charge is -2.27. The number of alkyl halides is 2. The smallest absolute Gasteiger partial charge is 0.284 e. The number of halogens is 2. The molecule has 1 aromatic carbocycles. The number of ether oxygens (including phenoxy) is 1. The first-order valence-electron chi connectivity index (χ1n) is 11.0. The molecule has 12 heteroatoms. The lowest BCUT2D eigenvalue weighted by Crippen LogP contribution is -2.37. The van der Waals surface area contributed by atoms with Crippen molar-refractivity contribution in [3.63, 3.8) is 0 Å². The van der Waals surface area contributed by atoms with E-state index in [1.54, 1.807) is 30.5 Å². The summed E-state index contributed by atoms with van der Waals surface area (Å²) in [4.78, 5) is 30.8. The van der Waals surface area contributed by atoms with Crippen molar-refractivity contribution in [2.45, 2.75) is 25.0 Å². The first-order valence-corrected chi connectivity index (χ1v) is 11.0. The Kier molecular flexibility index (Phi) is 5.02. The summed E-state index contributed by atoms with van der Waals surface area (Å²) in [7, 11) is 0. The van der Waals surface area contributed by atoms with Gasteiger partial charge in [0.1, 0.15) is 17.7 Å². The predicted octanol–water partition coefficient (Wildman–Crippen LogP) is 2.89. The van der Waals surface area contributed by atoms with Gasteiger partial charge in [0.25, 0.3) is 12.3 Å². The fourth-order valence-electron chi connectivity index (χ4n) is 4.53. The maximum absolute atomic E-state index is 13.7. The summed E-state index contributed by atoms with van der Waals surface area (Å²) in [6.07, 6.45) is 3.27. The quantitative estimate of drug-likeness (QED) is 0.424. The van der Waals surface area contributed by atoms with Gasteiger partial charge in [0.2, 0.25) is 0 Å². The molecule has 35 heavy (non-hydrogen) atoms. The molecule has 10 nitrogen and oxygen atoms in total. The number of hydrogen-bond acceptors (Lipinski definition) is 7. The second kappa shape index (κ2) is 8.24. The van der Waals surface area contributed by atoms with Crippen LogP contribution >= 0.6 is 0 Å². The highest BCUT2D eigenvalue weighted by atomic mass is 19.3. The highest BCUT2D eigenvalue weighted by molar-refractivity contribution is 6.08. The van der Waals surface area contributed by atoms with E-state index in [4.69, 9.17) is 4.74 Å². The Labute approximate surface area is 197 Å². The van der Waals surface area contributed by atoms with E-state index in [9.17, 15) is 18.4 Å². The summed E-state index contributed by atoms with van der Waals surface area (Å²) in [6.45, 7) is 1.37. The van der Waals surface area contributed by atoms with E-state index in [2.05, 4.69) is 25.4 Å². The zero-order chi connectivity index (χ0) is 24.1. The molecule has 3 aromatic heterocycles. The summed E-state index contributed by atoms with van der Waals surface area (Å²) in [6, 6.07) is 8.32. The molecule has 0 saturated carbocycles. The standard InChI is InChI=1S/C23H19F2N7O3/c24-21(25)20-18(10-32(29-20)14-3-1-13(11-33)2-4-14)27-23(34)17-8-26-31-6-5-19(28-22(17)31)30-9-16-7-15(30)12-35-16/h1-6,8,10-11,15-16,21H,7,9,12H2,(H,27,34)/t15-,16?/m1/s1. The van der Waals surface area contributed by atoms with Crippen LogP contribution in [0.1, 0.15) is 39.3 Å². The van der Waals surface area contributed by atoms with Crippen LogP contribution in [0.25, 0.3) is 11.3 Å². The summed E-state index contributed by atoms with van der Waals surface area (Å²) in [5.41, 5.74) is 0.668. The van der Waals surface area contributed by atoms with E-state index in [0.717, 1.165) is 13.0 Å². The number of aldehydes is 1. The topological polar surface area (TPSA) is 107 Å². The SMILES string of the molecule is O=Cc1ccc(-n2cc(NC(=O)c3cnn4ccc(N5CC6C[C@@H]5CO6)nc34)c(C(F)F)n2)cc1. The molecule has 0 radical (unpaired) electrons. The minimum absolute atomic E-state index is 0.131. The highest BCUT2D eigenvalue weighted by Crippen LogP contribution is 2.32. The lowest BCUT2D eigenvalue weighted by atomic mass is 10.2. The second-order valence-electron chi connectivity index (χ2n) is 8.45. The Morgan fingerprint density at radius 3 is 2.74 bits per heavy atom. The normalized spacial score (nSPS) is 19.1. The summed E-state index contributed by atoms with van der Waals surface area (Å²) < 4.78 is 35.7. The van der Waals surface area contributed by atoms with Gasteiger partial charge in [-0.05, 0) is 36.8 Å². The molecule has 0 aliphatic carbocycles. The van der Waals surface area contributed by atoms with Crippen molar-refractivity contribution < 1.29 is 23.1 Å². The molecule has 2 aliphatic heterocycles. The number of carbonyl (C=O) groups excluding carboxylic acids is 2. The van der Waals surface area contributed by atoms with Crippen molar-refractivity contribution in [3.8, 4) is 5.69 Å². The fraction of sp³-hybridized carbons (Fsp3) is 0.261. The maximum Gasteiger partial charge on any atom is 0.284 e. The first-order chi connectivity index (χ1) is 17.0. The highest BCUT2D eigenvalue weighted by Gasteiger charge is 2.39. The number of carbonyl (C=O) groups is 2. The van der Waals surface area contributed by atoms with E-state index in [-0.39, 0.29) is 23.4 Å². The zero-order valence-corrected chi connectivity index (χ0v) is 18.2. The van der Waals surface area contributed by atoms with Gasteiger partial charge >= 0.3 is 0 Å². The van der Waals surface area contributed by atoms with Gasteiger partial charge in [-0.2, -0.15) is 10.2 Å². The molecule has 2 bridgehead atoms. The van der Waals surface area contributed by atoms with Crippen molar-refractivity contribution >= 4 is 29.3 Å². The Morgan fingerprint density at radius 2 is 2.06 bits per heavy atom. The minimum atomic E-state index is -2.91. The predicted molar refractivity (Wildman–Crippen MR) is 120 cm³/mol. The molecular weight excluding hydrogens is 460 g/mol.